The quantitative estimate of drug-likeness (QED) is 0.201. The molecule has 0 aromatic carbocycles. The molecule has 138 valence electrons. The van der Waals surface area contributed by atoms with Gasteiger partial charge in [-0.1, -0.05) is 44.4 Å². The number of rotatable bonds is 11. The number of aliphatic hydroxyl groups is 1. The Balaban J connectivity index is 2.47. The van der Waals surface area contributed by atoms with Gasteiger partial charge in [-0.2, -0.15) is 0 Å². The summed E-state index contributed by atoms with van der Waals surface area (Å²) in [7, 11) is 1.39. The first kappa shape index (κ1) is 21.1. The zero-order valence-electron chi connectivity index (χ0n) is 15.4. The Morgan fingerprint density at radius 3 is 2.88 bits per heavy atom. The molecule has 1 N–H and O–H groups in total. The molecule has 2 atom stereocenters. The first-order chi connectivity index (χ1) is 12.1. The fourth-order valence-corrected chi connectivity index (χ4v) is 2.65. The summed E-state index contributed by atoms with van der Waals surface area (Å²) in [5.74, 6) is -0.199. The van der Waals surface area contributed by atoms with Gasteiger partial charge in [-0.15, -0.1) is 5.73 Å². The zero-order chi connectivity index (χ0) is 18.5. The van der Waals surface area contributed by atoms with Crippen LogP contribution in [0.25, 0.3) is 0 Å². The fraction of sp³-hybridized carbons (Fsp3) is 0.571. The molecule has 0 saturated heterocycles. The zero-order valence-corrected chi connectivity index (χ0v) is 15.4. The van der Waals surface area contributed by atoms with Crippen molar-refractivity contribution in [3.05, 3.63) is 41.7 Å². The van der Waals surface area contributed by atoms with Crippen LogP contribution in [0.1, 0.15) is 58.3 Å². The maximum atomic E-state index is 11.9. The predicted octanol–water partition coefficient (Wildman–Crippen LogP) is 4.05. The Bertz CT molecular complexity index is 550. The van der Waals surface area contributed by atoms with Crippen LogP contribution in [0.4, 0.5) is 0 Å². The number of carbonyl (C=O) groups excluding carboxylic acids is 2. The molecule has 0 bridgehead atoms. The number of methoxy groups -OCH3 is 1. The van der Waals surface area contributed by atoms with E-state index < -0.39 is 6.10 Å². The Hall–Kier alpha value is -1.90. The first-order valence-corrected chi connectivity index (χ1v) is 9.17. The van der Waals surface area contributed by atoms with Crippen molar-refractivity contribution in [1.82, 2.24) is 0 Å². The van der Waals surface area contributed by atoms with Crippen molar-refractivity contribution in [2.24, 2.45) is 5.92 Å². The van der Waals surface area contributed by atoms with Gasteiger partial charge in [0.1, 0.15) is 0 Å². The molecule has 0 radical (unpaired) electrons. The lowest BCUT2D eigenvalue weighted by Gasteiger charge is -2.06. The highest BCUT2D eigenvalue weighted by atomic mass is 16.5. The fourth-order valence-electron chi connectivity index (χ4n) is 2.65. The highest BCUT2D eigenvalue weighted by molar-refractivity contribution is 6.07. The highest BCUT2D eigenvalue weighted by Gasteiger charge is 2.21. The van der Waals surface area contributed by atoms with E-state index in [0.717, 1.165) is 38.5 Å². The van der Waals surface area contributed by atoms with Gasteiger partial charge in [0.05, 0.1) is 13.2 Å². The average Bonchev–Trinajstić information content (AvgIpc) is 2.96. The van der Waals surface area contributed by atoms with Crippen molar-refractivity contribution in [1.29, 1.82) is 0 Å². The lowest BCUT2D eigenvalue weighted by atomic mass is 9.98. The van der Waals surface area contributed by atoms with Gasteiger partial charge in [0.2, 0.25) is 0 Å². The molecule has 2 unspecified atom stereocenters. The summed E-state index contributed by atoms with van der Waals surface area (Å²) in [6.45, 7) is 2.13. The van der Waals surface area contributed by atoms with Crippen LogP contribution in [-0.2, 0) is 14.3 Å². The molecule has 0 aliphatic heterocycles. The van der Waals surface area contributed by atoms with E-state index >= 15 is 0 Å². The Kier molecular flexibility index (Phi) is 10.5. The molecule has 0 aromatic heterocycles. The van der Waals surface area contributed by atoms with Crippen molar-refractivity contribution in [3.8, 4) is 0 Å². The molecule has 0 saturated carbocycles. The summed E-state index contributed by atoms with van der Waals surface area (Å²) >= 11 is 0. The van der Waals surface area contributed by atoms with Crippen molar-refractivity contribution in [3.63, 3.8) is 0 Å². The van der Waals surface area contributed by atoms with Gasteiger partial charge in [0, 0.05) is 17.9 Å². The van der Waals surface area contributed by atoms with E-state index in [1.54, 1.807) is 12.2 Å². The Labute approximate surface area is 151 Å². The third-order valence-corrected chi connectivity index (χ3v) is 4.19. The summed E-state index contributed by atoms with van der Waals surface area (Å²) in [5, 5.41) is 9.93. The van der Waals surface area contributed by atoms with E-state index in [4.69, 9.17) is 0 Å². The standard InChI is InChI=1S/C21H30O4/c1-3-4-7-11-18(22)14-15-19-17(13-16-20(19)23)10-8-5-6-9-12-21(24)25-2/h5,8,13-14,16-18,22H,3-4,6-7,9-12H2,1-2H3/b8-5-. The molecule has 0 spiro atoms. The Morgan fingerprint density at radius 2 is 2.16 bits per heavy atom. The van der Waals surface area contributed by atoms with Crippen LogP contribution < -0.4 is 0 Å². The van der Waals surface area contributed by atoms with Gasteiger partial charge in [-0.25, -0.2) is 0 Å². The molecule has 4 heteroatoms. The van der Waals surface area contributed by atoms with Crippen LogP contribution in [0, 0.1) is 5.92 Å². The maximum Gasteiger partial charge on any atom is 0.305 e. The number of esters is 1. The van der Waals surface area contributed by atoms with Gasteiger partial charge in [0.15, 0.2) is 5.78 Å². The number of hydrogen-bond acceptors (Lipinski definition) is 4. The number of unbranched alkanes of at least 4 members (excludes halogenated alkanes) is 3. The van der Waals surface area contributed by atoms with Gasteiger partial charge < -0.3 is 9.84 Å². The molecule has 1 aliphatic rings. The van der Waals surface area contributed by atoms with Crippen LogP contribution in [0.2, 0.25) is 0 Å². The molecule has 0 fully saturated rings. The van der Waals surface area contributed by atoms with Gasteiger partial charge >= 0.3 is 5.97 Å². The maximum absolute atomic E-state index is 11.9. The minimum Gasteiger partial charge on any atom is -0.469 e. The van der Waals surface area contributed by atoms with Crippen LogP contribution in [0.3, 0.4) is 0 Å². The third kappa shape index (κ3) is 8.67. The summed E-state index contributed by atoms with van der Waals surface area (Å²) in [4.78, 5) is 23.0. The smallest absolute Gasteiger partial charge is 0.305 e. The number of ketones is 1. The topological polar surface area (TPSA) is 63.6 Å². The van der Waals surface area contributed by atoms with Gasteiger partial charge in [-0.3, -0.25) is 9.59 Å². The number of allylic oxidation sites excluding steroid dienone is 4. The number of hydrogen-bond donors (Lipinski definition) is 1. The molecule has 1 rings (SSSR count). The van der Waals surface area contributed by atoms with E-state index in [0.29, 0.717) is 18.4 Å². The second-order valence-corrected chi connectivity index (χ2v) is 6.29. The molecule has 25 heavy (non-hydrogen) atoms. The predicted molar refractivity (Wildman–Crippen MR) is 99.0 cm³/mol. The minimum absolute atomic E-state index is 0.0171. The van der Waals surface area contributed by atoms with Crippen LogP contribution in [0.5, 0.6) is 0 Å². The minimum atomic E-state index is -0.540. The summed E-state index contributed by atoms with van der Waals surface area (Å²) in [6.07, 6.45) is 15.2. The second-order valence-electron chi connectivity index (χ2n) is 6.29. The molecule has 0 heterocycles. The van der Waals surface area contributed by atoms with E-state index in [-0.39, 0.29) is 17.7 Å². The van der Waals surface area contributed by atoms with E-state index in [1.807, 2.05) is 18.2 Å². The normalized spacial score (nSPS) is 17.8. The van der Waals surface area contributed by atoms with Crippen LogP contribution in [0.15, 0.2) is 41.7 Å². The molecule has 4 nitrogen and oxygen atoms in total. The summed E-state index contributed by atoms with van der Waals surface area (Å²) in [6, 6.07) is 0. The van der Waals surface area contributed by atoms with Crippen molar-refractivity contribution >= 4 is 11.8 Å². The second kappa shape index (κ2) is 12.5. The molecule has 1 aliphatic carbocycles. The molecular weight excluding hydrogens is 316 g/mol. The average molecular weight is 346 g/mol. The van der Waals surface area contributed by atoms with E-state index in [1.165, 1.54) is 7.11 Å². The van der Waals surface area contributed by atoms with Crippen LogP contribution >= 0.6 is 0 Å². The number of aliphatic hydroxyl groups excluding tert-OH is 1. The van der Waals surface area contributed by atoms with Gasteiger partial charge in [0.25, 0.3) is 0 Å². The highest BCUT2D eigenvalue weighted by Crippen LogP contribution is 2.24. The number of carbonyl (C=O) groups is 2. The SMILES string of the molecule is CCCCCC(O)C=C=C1C(=O)C=CC1C/C=C\CCCC(=O)OC. The van der Waals surface area contributed by atoms with Crippen molar-refractivity contribution in [2.45, 2.75) is 64.4 Å². The summed E-state index contributed by atoms with van der Waals surface area (Å²) in [5.41, 5.74) is 3.64. The first-order valence-electron chi connectivity index (χ1n) is 9.17. The summed E-state index contributed by atoms with van der Waals surface area (Å²) < 4.78 is 4.60. The van der Waals surface area contributed by atoms with Gasteiger partial charge in [-0.05, 0) is 37.8 Å². The number of ether oxygens (including phenoxy) is 1. The van der Waals surface area contributed by atoms with Crippen LogP contribution in [-0.4, -0.2) is 30.1 Å². The lowest BCUT2D eigenvalue weighted by Crippen LogP contribution is -2.03. The van der Waals surface area contributed by atoms with Crippen molar-refractivity contribution in [2.75, 3.05) is 7.11 Å². The van der Waals surface area contributed by atoms with E-state index in [9.17, 15) is 14.7 Å². The molecule has 0 aromatic rings. The third-order valence-electron chi connectivity index (χ3n) is 4.19. The molecular formula is C21H30O4. The van der Waals surface area contributed by atoms with E-state index in [2.05, 4.69) is 17.4 Å². The van der Waals surface area contributed by atoms with Crippen molar-refractivity contribution < 1.29 is 19.4 Å². The largest absolute Gasteiger partial charge is 0.469 e. The lowest BCUT2D eigenvalue weighted by molar-refractivity contribution is -0.140. The monoisotopic (exact) mass is 346 g/mol. The molecule has 0 amide bonds. The Morgan fingerprint density at radius 1 is 1.36 bits per heavy atom.